The van der Waals surface area contributed by atoms with E-state index in [1.807, 2.05) is 18.3 Å². The minimum atomic E-state index is -0.00825. The second-order valence-electron chi connectivity index (χ2n) is 3.31. The summed E-state index contributed by atoms with van der Waals surface area (Å²) in [5, 5.41) is 5.83. The molecule has 0 aliphatic heterocycles. The Morgan fingerprint density at radius 3 is 2.73 bits per heavy atom. The van der Waals surface area contributed by atoms with E-state index in [0.29, 0.717) is 13.1 Å². The Labute approximate surface area is 90.1 Å². The van der Waals surface area contributed by atoms with Crippen LogP contribution in [0.2, 0.25) is 0 Å². The van der Waals surface area contributed by atoms with Gasteiger partial charge in [0.05, 0.1) is 0 Å². The van der Waals surface area contributed by atoms with Gasteiger partial charge in [0, 0.05) is 26.2 Å². The number of nitrogens with zero attached hydrogens (tertiary/aromatic N) is 1. The van der Waals surface area contributed by atoms with Crippen LogP contribution in [0.3, 0.4) is 0 Å². The maximum Gasteiger partial charge on any atom is 0.216 e. The van der Waals surface area contributed by atoms with Crippen molar-refractivity contribution in [3.05, 3.63) is 23.9 Å². The molecule has 4 nitrogen and oxygen atoms in total. The summed E-state index contributed by atoms with van der Waals surface area (Å²) in [5.74, 6) is 0.837. The molecule has 0 aliphatic carbocycles. The summed E-state index contributed by atoms with van der Waals surface area (Å²) in [4.78, 5) is 14.8. The van der Waals surface area contributed by atoms with Crippen LogP contribution in [0.15, 0.2) is 18.3 Å². The average molecular weight is 207 g/mol. The van der Waals surface area contributed by atoms with Gasteiger partial charge in [0.15, 0.2) is 0 Å². The van der Waals surface area contributed by atoms with E-state index in [9.17, 15) is 4.79 Å². The predicted octanol–water partition coefficient (Wildman–Crippen LogP) is 1.19. The molecule has 82 valence electrons. The van der Waals surface area contributed by atoms with Crippen molar-refractivity contribution in [2.24, 2.45) is 0 Å². The largest absolute Gasteiger partial charge is 0.368 e. The Morgan fingerprint density at radius 2 is 2.20 bits per heavy atom. The highest BCUT2D eigenvalue weighted by Gasteiger charge is 1.94. The van der Waals surface area contributed by atoms with E-state index in [1.54, 1.807) is 0 Å². The first-order valence-corrected chi connectivity index (χ1v) is 5.15. The van der Waals surface area contributed by atoms with Crippen molar-refractivity contribution in [1.29, 1.82) is 0 Å². The summed E-state index contributed by atoms with van der Waals surface area (Å²) < 4.78 is 0. The van der Waals surface area contributed by atoms with Gasteiger partial charge in [0.2, 0.25) is 5.91 Å². The molecule has 1 aromatic heterocycles. The number of aryl methyl sites for hydroxylation is 1. The van der Waals surface area contributed by atoms with Crippen molar-refractivity contribution >= 4 is 11.7 Å². The molecule has 4 heteroatoms. The van der Waals surface area contributed by atoms with Crippen molar-refractivity contribution in [2.45, 2.75) is 20.3 Å². The first-order chi connectivity index (χ1) is 7.22. The van der Waals surface area contributed by atoms with E-state index in [0.717, 1.165) is 12.2 Å². The van der Waals surface area contributed by atoms with Crippen LogP contribution in [0.1, 0.15) is 19.4 Å². The van der Waals surface area contributed by atoms with E-state index in [2.05, 4.69) is 22.5 Å². The van der Waals surface area contributed by atoms with Crippen molar-refractivity contribution in [3.8, 4) is 0 Å². The van der Waals surface area contributed by atoms with Gasteiger partial charge in [-0.2, -0.15) is 0 Å². The lowest BCUT2D eigenvalue weighted by Gasteiger charge is -2.06. The zero-order chi connectivity index (χ0) is 11.1. The Hall–Kier alpha value is -1.58. The molecule has 1 rings (SSSR count). The second kappa shape index (κ2) is 6.01. The number of amides is 1. The van der Waals surface area contributed by atoms with Crippen molar-refractivity contribution in [3.63, 3.8) is 0 Å². The smallest absolute Gasteiger partial charge is 0.216 e. The summed E-state index contributed by atoms with van der Waals surface area (Å²) in [6, 6.07) is 4.00. The zero-order valence-electron chi connectivity index (χ0n) is 9.21. The second-order valence-corrected chi connectivity index (χ2v) is 3.31. The van der Waals surface area contributed by atoms with Gasteiger partial charge in [-0.15, -0.1) is 0 Å². The molecule has 1 amide bonds. The number of hydrogen-bond donors (Lipinski definition) is 2. The molecular formula is C11H17N3O. The highest BCUT2D eigenvalue weighted by Crippen LogP contribution is 2.04. The summed E-state index contributed by atoms with van der Waals surface area (Å²) >= 11 is 0. The van der Waals surface area contributed by atoms with Crippen LogP contribution in [0.5, 0.6) is 0 Å². The monoisotopic (exact) mass is 207 g/mol. The molecule has 0 bridgehead atoms. The third-order valence-electron chi connectivity index (χ3n) is 2.04. The maximum atomic E-state index is 10.6. The van der Waals surface area contributed by atoms with Gasteiger partial charge in [-0.05, 0) is 18.1 Å². The summed E-state index contributed by atoms with van der Waals surface area (Å²) in [6.07, 6.45) is 2.86. The lowest BCUT2D eigenvalue weighted by molar-refractivity contribution is -0.118. The number of anilines is 1. The number of aromatic nitrogens is 1. The molecular weight excluding hydrogens is 190 g/mol. The van der Waals surface area contributed by atoms with Gasteiger partial charge in [-0.1, -0.05) is 13.0 Å². The predicted molar refractivity (Wildman–Crippen MR) is 60.8 cm³/mol. The number of pyridine rings is 1. The van der Waals surface area contributed by atoms with Gasteiger partial charge in [-0.25, -0.2) is 4.98 Å². The number of carbonyl (C=O) groups excluding carboxylic acids is 1. The van der Waals surface area contributed by atoms with Crippen LogP contribution >= 0.6 is 0 Å². The third kappa shape index (κ3) is 4.44. The minimum absolute atomic E-state index is 0.00825. The van der Waals surface area contributed by atoms with Crippen LogP contribution in [-0.4, -0.2) is 24.0 Å². The molecule has 2 N–H and O–H groups in total. The third-order valence-corrected chi connectivity index (χ3v) is 2.04. The van der Waals surface area contributed by atoms with E-state index in [-0.39, 0.29) is 5.91 Å². The van der Waals surface area contributed by atoms with Gasteiger partial charge in [0.1, 0.15) is 5.82 Å². The number of rotatable bonds is 5. The SMILES string of the molecule is CCc1ccc(NCCNC(C)=O)nc1. The fraction of sp³-hybridized carbons (Fsp3) is 0.455. The standard InChI is InChI=1S/C11H17N3O/c1-3-10-4-5-11(14-8-10)13-7-6-12-9(2)15/h4-5,8H,3,6-7H2,1-2H3,(H,12,15)(H,13,14). The van der Waals surface area contributed by atoms with Crippen molar-refractivity contribution in [2.75, 3.05) is 18.4 Å². The van der Waals surface area contributed by atoms with Gasteiger partial charge in [-0.3, -0.25) is 4.79 Å². The van der Waals surface area contributed by atoms with E-state index >= 15 is 0 Å². The van der Waals surface area contributed by atoms with Crippen LogP contribution in [0.4, 0.5) is 5.82 Å². The zero-order valence-corrected chi connectivity index (χ0v) is 9.21. The minimum Gasteiger partial charge on any atom is -0.368 e. The van der Waals surface area contributed by atoms with Gasteiger partial charge >= 0.3 is 0 Å². The Balaban J connectivity index is 2.28. The molecule has 0 aliphatic rings. The number of carbonyl (C=O) groups is 1. The van der Waals surface area contributed by atoms with E-state index in [4.69, 9.17) is 0 Å². The lowest BCUT2D eigenvalue weighted by Crippen LogP contribution is -2.26. The molecule has 0 radical (unpaired) electrons. The van der Waals surface area contributed by atoms with Crippen LogP contribution in [0, 0.1) is 0 Å². The summed E-state index contributed by atoms with van der Waals surface area (Å²) in [5.41, 5.74) is 1.22. The van der Waals surface area contributed by atoms with E-state index in [1.165, 1.54) is 12.5 Å². The highest BCUT2D eigenvalue weighted by atomic mass is 16.1. The molecule has 15 heavy (non-hydrogen) atoms. The summed E-state index contributed by atoms with van der Waals surface area (Å²) in [7, 11) is 0. The average Bonchev–Trinajstić information content (AvgIpc) is 2.25. The molecule has 0 spiro atoms. The fourth-order valence-electron chi connectivity index (χ4n) is 1.17. The molecule has 0 aromatic carbocycles. The Morgan fingerprint density at radius 1 is 1.40 bits per heavy atom. The summed E-state index contributed by atoms with van der Waals surface area (Å²) in [6.45, 7) is 4.92. The number of nitrogens with one attached hydrogen (secondary N) is 2. The molecule has 0 saturated carbocycles. The quantitative estimate of drug-likeness (QED) is 0.713. The molecule has 1 heterocycles. The van der Waals surface area contributed by atoms with Crippen molar-refractivity contribution < 1.29 is 4.79 Å². The Kier molecular flexibility index (Phi) is 4.60. The van der Waals surface area contributed by atoms with Crippen LogP contribution in [0.25, 0.3) is 0 Å². The van der Waals surface area contributed by atoms with Crippen molar-refractivity contribution in [1.82, 2.24) is 10.3 Å². The molecule has 1 aromatic rings. The highest BCUT2D eigenvalue weighted by molar-refractivity contribution is 5.72. The molecule has 0 saturated heterocycles. The van der Waals surface area contributed by atoms with Gasteiger partial charge in [0.25, 0.3) is 0 Å². The maximum absolute atomic E-state index is 10.6. The Bertz CT molecular complexity index is 308. The first kappa shape index (κ1) is 11.5. The number of hydrogen-bond acceptors (Lipinski definition) is 3. The van der Waals surface area contributed by atoms with Gasteiger partial charge < -0.3 is 10.6 Å². The molecule has 0 atom stereocenters. The topological polar surface area (TPSA) is 54.0 Å². The van der Waals surface area contributed by atoms with E-state index < -0.39 is 0 Å². The lowest BCUT2D eigenvalue weighted by atomic mass is 10.2. The molecule has 0 unspecified atom stereocenters. The fourth-order valence-corrected chi connectivity index (χ4v) is 1.17. The first-order valence-electron chi connectivity index (χ1n) is 5.15. The normalized spacial score (nSPS) is 9.73. The van der Waals surface area contributed by atoms with Crippen LogP contribution < -0.4 is 10.6 Å². The molecule has 0 fully saturated rings. The van der Waals surface area contributed by atoms with Crippen LogP contribution in [-0.2, 0) is 11.2 Å².